The second kappa shape index (κ2) is 7.20. The Balaban J connectivity index is 1.44. The van der Waals surface area contributed by atoms with Crippen molar-refractivity contribution in [2.75, 3.05) is 23.5 Å². The number of benzene rings is 2. The molecular formula is C20H17FN6O3S. The van der Waals surface area contributed by atoms with E-state index in [1.807, 2.05) is 0 Å². The van der Waals surface area contributed by atoms with Crippen LogP contribution in [0, 0.1) is 5.82 Å². The number of aromatic amines is 1. The molecule has 31 heavy (non-hydrogen) atoms. The molecule has 3 N–H and O–H groups in total. The highest BCUT2D eigenvalue weighted by Gasteiger charge is 2.23. The highest BCUT2D eigenvalue weighted by Crippen LogP contribution is 2.35. The predicted octanol–water partition coefficient (Wildman–Crippen LogP) is 3.32. The monoisotopic (exact) mass is 440 g/mol. The van der Waals surface area contributed by atoms with Gasteiger partial charge in [-0.2, -0.15) is 10.1 Å². The third-order valence-electron chi connectivity index (χ3n) is 4.86. The number of rotatable bonds is 5. The molecule has 0 saturated heterocycles. The van der Waals surface area contributed by atoms with E-state index < -0.39 is 9.84 Å². The summed E-state index contributed by atoms with van der Waals surface area (Å²) in [5.74, 6) is 1.25. The zero-order chi connectivity index (χ0) is 21.6. The topological polar surface area (TPSA) is 122 Å². The van der Waals surface area contributed by atoms with Crippen LogP contribution < -0.4 is 15.4 Å². The molecule has 1 aliphatic heterocycles. The number of nitrogens with one attached hydrogen (secondary N) is 3. The van der Waals surface area contributed by atoms with Crippen LogP contribution in [0.4, 0.5) is 27.7 Å². The lowest BCUT2D eigenvalue weighted by Crippen LogP contribution is -2.04. The number of ether oxygens (including phenoxy) is 1. The van der Waals surface area contributed by atoms with Gasteiger partial charge >= 0.3 is 0 Å². The summed E-state index contributed by atoms with van der Waals surface area (Å²) in [6, 6.07) is 9.24. The van der Waals surface area contributed by atoms with Crippen molar-refractivity contribution in [3.05, 3.63) is 54.0 Å². The number of hydrogen-bond acceptors (Lipinski definition) is 8. The van der Waals surface area contributed by atoms with Gasteiger partial charge in [-0.1, -0.05) is 0 Å². The predicted molar refractivity (Wildman–Crippen MR) is 113 cm³/mol. The average Bonchev–Trinajstić information content (AvgIpc) is 3.34. The number of hydrogen-bond donors (Lipinski definition) is 3. The van der Waals surface area contributed by atoms with Gasteiger partial charge in [-0.05, 0) is 30.3 Å². The quantitative estimate of drug-likeness (QED) is 0.432. The standard InChI is InChI=1S/C20H17FN6O3S/c1-31(28,29)17-10-12(9-16-13(17)5-7-30-16)23-20-22-6-4-18(25-20)24-19-14-8-11(21)2-3-15(14)26-27-19/h2-4,6,8-10H,5,7H2,1H3,(H3,22,23,24,25,26,27). The Bertz CT molecular complexity index is 1420. The number of halogens is 1. The van der Waals surface area contributed by atoms with Crippen LogP contribution >= 0.6 is 0 Å². The molecule has 0 radical (unpaired) electrons. The summed E-state index contributed by atoms with van der Waals surface area (Å²) in [6.45, 7) is 0.440. The molecule has 0 saturated carbocycles. The van der Waals surface area contributed by atoms with Crippen LogP contribution in [0.1, 0.15) is 5.56 Å². The second-order valence-corrected chi connectivity index (χ2v) is 9.08. The van der Waals surface area contributed by atoms with E-state index in [0.29, 0.717) is 52.6 Å². The van der Waals surface area contributed by atoms with Crippen LogP contribution in [0.5, 0.6) is 5.75 Å². The molecule has 0 amide bonds. The van der Waals surface area contributed by atoms with Crippen molar-refractivity contribution in [1.82, 2.24) is 20.2 Å². The normalized spacial score (nSPS) is 13.1. The van der Waals surface area contributed by atoms with Gasteiger partial charge in [0.25, 0.3) is 0 Å². The Hall–Kier alpha value is -3.73. The van der Waals surface area contributed by atoms with Gasteiger partial charge < -0.3 is 15.4 Å². The van der Waals surface area contributed by atoms with E-state index >= 15 is 0 Å². The summed E-state index contributed by atoms with van der Waals surface area (Å²) in [6.07, 6.45) is 3.25. The van der Waals surface area contributed by atoms with Gasteiger partial charge in [0.05, 0.1) is 17.0 Å². The third-order valence-corrected chi connectivity index (χ3v) is 6.02. The minimum Gasteiger partial charge on any atom is -0.493 e. The molecule has 2 aromatic heterocycles. The van der Waals surface area contributed by atoms with Crippen molar-refractivity contribution in [2.24, 2.45) is 0 Å². The Morgan fingerprint density at radius 3 is 2.87 bits per heavy atom. The van der Waals surface area contributed by atoms with Crippen molar-refractivity contribution >= 4 is 44.0 Å². The van der Waals surface area contributed by atoms with Gasteiger partial charge in [-0.3, -0.25) is 5.10 Å². The Morgan fingerprint density at radius 1 is 1.16 bits per heavy atom. The Labute approximate surface area is 176 Å². The minimum atomic E-state index is -3.43. The highest BCUT2D eigenvalue weighted by molar-refractivity contribution is 7.90. The van der Waals surface area contributed by atoms with Gasteiger partial charge in [0, 0.05) is 41.6 Å². The summed E-state index contributed by atoms with van der Waals surface area (Å²) >= 11 is 0. The van der Waals surface area contributed by atoms with Crippen LogP contribution in [0.2, 0.25) is 0 Å². The molecule has 0 aliphatic carbocycles. The van der Waals surface area contributed by atoms with E-state index in [9.17, 15) is 12.8 Å². The second-order valence-electron chi connectivity index (χ2n) is 7.10. The van der Waals surface area contributed by atoms with Gasteiger partial charge in [0.2, 0.25) is 5.95 Å². The molecule has 3 heterocycles. The molecule has 4 aromatic rings. The summed E-state index contributed by atoms with van der Waals surface area (Å²) < 4.78 is 43.5. The number of aromatic nitrogens is 4. The molecular weight excluding hydrogens is 423 g/mol. The van der Waals surface area contributed by atoms with Crippen molar-refractivity contribution < 1.29 is 17.5 Å². The first-order valence-corrected chi connectivity index (χ1v) is 11.3. The van der Waals surface area contributed by atoms with E-state index in [-0.39, 0.29) is 16.7 Å². The fourth-order valence-corrected chi connectivity index (χ4v) is 4.47. The van der Waals surface area contributed by atoms with E-state index in [1.165, 1.54) is 24.6 Å². The van der Waals surface area contributed by atoms with Crippen LogP contribution in [0.3, 0.4) is 0 Å². The van der Waals surface area contributed by atoms with Crippen LogP contribution in [0.25, 0.3) is 10.9 Å². The number of H-pyrrole nitrogens is 1. The molecule has 2 aromatic carbocycles. The molecule has 0 fully saturated rings. The van der Waals surface area contributed by atoms with E-state index in [1.54, 1.807) is 24.3 Å². The lowest BCUT2D eigenvalue weighted by Gasteiger charge is -2.11. The molecule has 0 bridgehead atoms. The molecule has 5 rings (SSSR count). The fraction of sp³-hybridized carbons (Fsp3) is 0.150. The van der Waals surface area contributed by atoms with Crippen molar-refractivity contribution in [3.8, 4) is 5.75 Å². The molecule has 1 aliphatic rings. The largest absolute Gasteiger partial charge is 0.493 e. The van der Waals surface area contributed by atoms with E-state index in [0.717, 1.165) is 0 Å². The van der Waals surface area contributed by atoms with Crippen LogP contribution in [0.15, 0.2) is 47.5 Å². The van der Waals surface area contributed by atoms with Crippen LogP contribution in [-0.2, 0) is 16.3 Å². The highest BCUT2D eigenvalue weighted by atomic mass is 32.2. The molecule has 0 atom stereocenters. The fourth-order valence-electron chi connectivity index (χ4n) is 3.48. The number of nitrogens with zero attached hydrogens (tertiary/aromatic N) is 3. The smallest absolute Gasteiger partial charge is 0.229 e. The Kier molecular flexibility index (Phi) is 4.47. The SMILES string of the molecule is CS(=O)(=O)c1cc(Nc2nccc(Nc3n[nH]c4ccc(F)cc34)n2)cc2c1CCO2. The first-order valence-electron chi connectivity index (χ1n) is 9.37. The first-order chi connectivity index (χ1) is 14.9. The van der Waals surface area contributed by atoms with E-state index in [4.69, 9.17) is 4.74 Å². The third kappa shape index (κ3) is 3.75. The molecule has 158 valence electrons. The van der Waals surface area contributed by atoms with Gasteiger partial charge in [-0.25, -0.2) is 17.8 Å². The number of sulfone groups is 1. The maximum absolute atomic E-state index is 13.6. The van der Waals surface area contributed by atoms with Gasteiger partial charge in [-0.15, -0.1) is 0 Å². The summed E-state index contributed by atoms with van der Waals surface area (Å²) in [7, 11) is -3.43. The molecule has 11 heteroatoms. The molecule has 0 spiro atoms. The van der Waals surface area contributed by atoms with E-state index in [2.05, 4.69) is 30.8 Å². The lowest BCUT2D eigenvalue weighted by molar-refractivity contribution is 0.357. The average molecular weight is 440 g/mol. The molecule has 9 nitrogen and oxygen atoms in total. The van der Waals surface area contributed by atoms with Crippen molar-refractivity contribution in [1.29, 1.82) is 0 Å². The van der Waals surface area contributed by atoms with Crippen molar-refractivity contribution in [2.45, 2.75) is 11.3 Å². The van der Waals surface area contributed by atoms with Gasteiger partial charge in [0.1, 0.15) is 17.4 Å². The zero-order valence-electron chi connectivity index (χ0n) is 16.3. The van der Waals surface area contributed by atoms with Crippen LogP contribution in [-0.4, -0.2) is 41.4 Å². The minimum absolute atomic E-state index is 0.226. The van der Waals surface area contributed by atoms with Gasteiger partial charge in [0.15, 0.2) is 15.7 Å². The number of fused-ring (bicyclic) bond motifs is 2. The molecule has 0 unspecified atom stereocenters. The Morgan fingerprint density at radius 2 is 2.03 bits per heavy atom. The first kappa shape index (κ1) is 19.2. The maximum atomic E-state index is 13.6. The summed E-state index contributed by atoms with van der Waals surface area (Å²) in [5.41, 5.74) is 1.86. The maximum Gasteiger partial charge on any atom is 0.229 e. The lowest BCUT2D eigenvalue weighted by atomic mass is 10.1. The summed E-state index contributed by atoms with van der Waals surface area (Å²) in [5, 5.41) is 13.6. The zero-order valence-corrected chi connectivity index (χ0v) is 17.1. The summed E-state index contributed by atoms with van der Waals surface area (Å²) in [4.78, 5) is 8.80. The number of anilines is 4. The van der Waals surface area contributed by atoms with Crippen molar-refractivity contribution in [3.63, 3.8) is 0 Å².